The Hall–Kier alpha value is -2.03. The van der Waals surface area contributed by atoms with Crippen LogP contribution in [0.15, 0.2) is 24.3 Å². The highest BCUT2D eigenvalue weighted by atomic mass is 16.1. The van der Waals surface area contributed by atoms with Gasteiger partial charge in [0, 0.05) is 24.5 Å². The van der Waals surface area contributed by atoms with Crippen molar-refractivity contribution in [2.24, 2.45) is 5.92 Å². The molecule has 1 fully saturated rings. The average Bonchev–Trinajstić information content (AvgIpc) is 3.12. The summed E-state index contributed by atoms with van der Waals surface area (Å²) in [4.78, 5) is 13.2. The summed E-state index contributed by atoms with van der Waals surface area (Å²) in [6.45, 7) is 19.9. The van der Waals surface area contributed by atoms with Gasteiger partial charge < -0.3 is 9.88 Å². The van der Waals surface area contributed by atoms with Crippen molar-refractivity contribution in [1.82, 2.24) is 9.88 Å². The molecule has 0 bridgehead atoms. The van der Waals surface area contributed by atoms with E-state index in [9.17, 15) is 4.79 Å². The van der Waals surface area contributed by atoms with Crippen molar-refractivity contribution in [2.45, 2.75) is 124 Å². The first-order chi connectivity index (χ1) is 16.4. The van der Waals surface area contributed by atoms with Crippen LogP contribution in [-0.4, -0.2) is 17.0 Å². The van der Waals surface area contributed by atoms with E-state index in [1.165, 1.54) is 54.5 Å². The van der Waals surface area contributed by atoms with Gasteiger partial charge in [0.15, 0.2) is 0 Å². The standard InChI is InChI=1S/C32H50N2O/c1-9-10-14-17-33-30(35)28-21-29(34(23(28)2)22-24-15-12-11-13-16-24)25-18-26(31(3,4)5)20-27(19-25)32(6,7)8/h18-21,24H,9-17,22H2,1-8H3,(H,33,35). The molecule has 1 heterocycles. The molecule has 1 saturated carbocycles. The van der Waals surface area contributed by atoms with E-state index in [1.807, 2.05) is 0 Å². The van der Waals surface area contributed by atoms with Crippen molar-refractivity contribution in [1.29, 1.82) is 0 Å². The number of benzene rings is 1. The van der Waals surface area contributed by atoms with Crippen molar-refractivity contribution in [3.63, 3.8) is 0 Å². The van der Waals surface area contributed by atoms with Crippen LogP contribution in [-0.2, 0) is 17.4 Å². The maximum atomic E-state index is 13.2. The molecule has 0 unspecified atom stereocenters. The molecule has 0 saturated heterocycles. The van der Waals surface area contributed by atoms with Gasteiger partial charge in [-0.15, -0.1) is 0 Å². The lowest BCUT2D eigenvalue weighted by molar-refractivity contribution is 0.0952. The summed E-state index contributed by atoms with van der Waals surface area (Å²) >= 11 is 0. The number of amides is 1. The minimum Gasteiger partial charge on any atom is -0.352 e. The van der Waals surface area contributed by atoms with Gasteiger partial charge in [-0.2, -0.15) is 0 Å². The van der Waals surface area contributed by atoms with Gasteiger partial charge in [-0.25, -0.2) is 0 Å². The van der Waals surface area contributed by atoms with E-state index in [0.29, 0.717) is 5.92 Å². The second-order valence-electron chi connectivity index (χ2n) is 12.9. The number of unbranched alkanes of at least 4 members (excludes halogenated alkanes) is 2. The highest BCUT2D eigenvalue weighted by Crippen LogP contribution is 2.36. The van der Waals surface area contributed by atoms with E-state index in [4.69, 9.17) is 0 Å². The largest absolute Gasteiger partial charge is 0.352 e. The number of nitrogens with zero attached hydrogens (tertiary/aromatic N) is 1. The third-order valence-corrected chi connectivity index (χ3v) is 7.80. The highest BCUT2D eigenvalue weighted by Gasteiger charge is 2.25. The van der Waals surface area contributed by atoms with Crippen LogP contribution in [0.2, 0.25) is 0 Å². The van der Waals surface area contributed by atoms with Crippen molar-refractivity contribution in [3.05, 3.63) is 46.6 Å². The zero-order valence-electron chi connectivity index (χ0n) is 23.8. The lowest BCUT2D eigenvalue weighted by Crippen LogP contribution is -2.25. The van der Waals surface area contributed by atoms with E-state index < -0.39 is 0 Å². The van der Waals surface area contributed by atoms with E-state index in [0.717, 1.165) is 43.6 Å². The van der Waals surface area contributed by atoms with E-state index in [-0.39, 0.29) is 16.7 Å². The molecular weight excluding hydrogens is 428 g/mol. The molecule has 0 spiro atoms. The van der Waals surface area contributed by atoms with Crippen LogP contribution in [0.4, 0.5) is 0 Å². The van der Waals surface area contributed by atoms with Gasteiger partial charge >= 0.3 is 0 Å². The van der Waals surface area contributed by atoms with Crippen LogP contribution in [0.1, 0.15) is 127 Å². The number of carbonyl (C=O) groups is 1. The van der Waals surface area contributed by atoms with Crippen molar-refractivity contribution >= 4 is 5.91 Å². The molecule has 0 aliphatic heterocycles. The molecule has 1 N–H and O–H groups in total. The molecule has 1 amide bonds. The van der Waals surface area contributed by atoms with Crippen LogP contribution in [0.3, 0.4) is 0 Å². The number of aromatic nitrogens is 1. The number of hydrogen-bond acceptors (Lipinski definition) is 1. The Morgan fingerprint density at radius 2 is 1.51 bits per heavy atom. The molecule has 1 aromatic heterocycles. The quantitative estimate of drug-likeness (QED) is 0.379. The van der Waals surface area contributed by atoms with Gasteiger partial charge in [-0.05, 0) is 77.8 Å². The van der Waals surface area contributed by atoms with Crippen LogP contribution >= 0.6 is 0 Å². The molecule has 0 atom stereocenters. The Kier molecular flexibility index (Phi) is 8.94. The molecular formula is C32H50N2O. The lowest BCUT2D eigenvalue weighted by Gasteiger charge is -2.27. The summed E-state index contributed by atoms with van der Waals surface area (Å²) in [5, 5.41) is 3.19. The second-order valence-corrected chi connectivity index (χ2v) is 12.9. The van der Waals surface area contributed by atoms with Gasteiger partial charge in [0.1, 0.15) is 0 Å². The van der Waals surface area contributed by atoms with Gasteiger partial charge in [0.25, 0.3) is 5.91 Å². The van der Waals surface area contributed by atoms with Crippen molar-refractivity contribution in [3.8, 4) is 11.3 Å². The van der Waals surface area contributed by atoms with E-state index in [1.54, 1.807) is 0 Å². The Morgan fingerprint density at radius 3 is 2.06 bits per heavy atom. The Bertz CT molecular complexity index is 962. The fourth-order valence-corrected chi connectivity index (χ4v) is 5.29. The molecule has 0 radical (unpaired) electrons. The molecule has 2 aromatic rings. The molecule has 1 aliphatic rings. The molecule has 3 rings (SSSR count). The summed E-state index contributed by atoms with van der Waals surface area (Å²) < 4.78 is 2.46. The molecule has 3 nitrogen and oxygen atoms in total. The third-order valence-electron chi connectivity index (χ3n) is 7.80. The zero-order valence-corrected chi connectivity index (χ0v) is 23.8. The van der Waals surface area contributed by atoms with Crippen molar-refractivity contribution < 1.29 is 4.79 Å². The lowest BCUT2D eigenvalue weighted by atomic mass is 9.79. The zero-order chi connectivity index (χ0) is 25.8. The van der Waals surface area contributed by atoms with Crippen molar-refractivity contribution in [2.75, 3.05) is 6.54 Å². The maximum Gasteiger partial charge on any atom is 0.253 e. The predicted molar refractivity (Wildman–Crippen MR) is 150 cm³/mol. The summed E-state index contributed by atoms with van der Waals surface area (Å²) in [6.07, 6.45) is 9.98. The second kappa shape index (κ2) is 11.4. The molecule has 35 heavy (non-hydrogen) atoms. The monoisotopic (exact) mass is 478 g/mol. The summed E-state index contributed by atoms with van der Waals surface area (Å²) in [7, 11) is 0. The maximum absolute atomic E-state index is 13.2. The Morgan fingerprint density at radius 1 is 0.914 bits per heavy atom. The fraction of sp³-hybridized carbons (Fsp3) is 0.656. The molecule has 3 heteroatoms. The molecule has 1 aromatic carbocycles. The summed E-state index contributed by atoms with van der Waals surface area (Å²) in [6, 6.07) is 9.28. The van der Waals surface area contributed by atoms with Crippen LogP contribution in [0.25, 0.3) is 11.3 Å². The van der Waals surface area contributed by atoms with Crippen LogP contribution in [0.5, 0.6) is 0 Å². The smallest absolute Gasteiger partial charge is 0.253 e. The van der Waals surface area contributed by atoms with Gasteiger partial charge in [-0.3, -0.25) is 4.79 Å². The first-order valence-corrected chi connectivity index (χ1v) is 14.1. The highest BCUT2D eigenvalue weighted by molar-refractivity contribution is 5.97. The van der Waals surface area contributed by atoms with Crippen LogP contribution in [0, 0.1) is 12.8 Å². The average molecular weight is 479 g/mol. The minimum absolute atomic E-state index is 0.0608. The number of nitrogens with one attached hydrogen (secondary N) is 1. The third kappa shape index (κ3) is 7.02. The van der Waals surface area contributed by atoms with Gasteiger partial charge in [0.05, 0.1) is 5.56 Å². The number of carbonyl (C=O) groups excluding carboxylic acids is 1. The summed E-state index contributed by atoms with van der Waals surface area (Å²) in [5.74, 6) is 0.771. The topological polar surface area (TPSA) is 34.0 Å². The number of hydrogen-bond donors (Lipinski definition) is 1. The van der Waals surface area contributed by atoms with Gasteiger partial charge in [0.2, 0.25) is 0 Å². The van der Waals surface area contributed by atoms with Crippen LogP contribution < -0.4 is 5.32 Å². The molecule has 1 aliphatic carbocycles. The molecule has 194 valence electrons. The Labute approximate surface area is 215 Å². The summed E-state index contributed by atoms with van der Waals surface area (Å²) in [5.41, 5.74) is 7.22. The SMILES string of the molecule is CCCCCNC(=O)c1cc(-c2cc(C(C)(C)C)cc(C(C)(C)C)c2)n(CC2CCCCC2)c1C. The number of rotatable bonds is 8. The Balaban J connectivity index is 2.09. The fourth-order valence-electron chi connectivity index (χ4n) is 5.29. The first-order valence-electron chi connectivity index (χ1n) is 14.1. The van der Waals surface area contributed by atoms with Gasteiger partial charge in [-0.1, -0.05) is 86.6 Å². The predicted octanol–water partition coefficient (Wildman–Crippen LogP) is 8.56. The normalized spacial score (nSPS) is 15.4. The first kappa shape index (κ1) is 27.6. The minimum atomic E-state index is 0.0608. The van der Waals surface area contributed by atoms with E-state index in [2.05, 4.69) is 89.5 Å². The van der Waals surface area contributed by atoms with E-state index >= 15 is 0 Å².